The molecule has 3 aromatic rings. The Morgan fingerprint density at radius 2 is 1.25 bits per heavy atom. The van der Waals surface area contributed by atoms with Crippen LogP contribution in [-0.2, 0) is 34.0 Å². The normalized spacial score (nSPS) is 24.2. The molecule has 0 radical (unpaired) electrons. The van der Waals surface area contributed by atoms with Gasteiger partial charge in [-0.2, -0.15) is 0 Å². The van der Waals surface area contributed by atoms with E-state index in [-0.39, 0.29) is 6.61 Å². The van der Waals surface area contributed by atoms with Crippen LogP contribution >= 0.6 is 0 Å². The molecule has 4 atom stereocenters. The van der Waals surface area contributed by atoms with Crippen LogP contribution in [0.25, 0.3) is 0 Å². The van der Waals surface area contributed by atoms with Crippen LogP contribution in [0.4, 0.5) is 0 Å². The molecular formula is C27H31NO4. The lowest BCUT2D eigenvalue weighted by Crippen LogP contribution is -2.62. The quantitative estimate of drug-likeness (QED) is 0.510. The number of nitrogens with one attached hydrogen (secondary N) is 1. The number of aliphatic hydroxyl groups excluding tert-OH is 1. The van der Waals surface area contributed by atoms with Crippen molar-refractivity contribution < 1.29 is 20.7 Å². The van der Waals surface area contributed by atoms with Gasteiger partial charge in [-0.05, 0) is 16.7 Å². The van der Waals surface area contributed by atoms with Gasteiger partial charge in [0.15, 0.2) is 0 Å². The summed E-state index contributed by atoms with van der Waals surface area (Å²) in [6.07, 6.45) is -1.93. The van der Waals surface area contributed by atoms with Crippen molar-refractivity contribution in [3.63, 3.8) is 0 Å². The highest BCUT2D eigenvalue weighted by molar-refractivity contribution is 5.15. The third-order valence-corrected chi connectivity index (χ3v) is 5.61. The summed E-state index contributed by atoms with van der Waals surface area (Å²) in [5, 5.41) is 12.6. The minimum atomic E-state index is -0.920. The van der Waals surface area contributed by atoms with Crippen LogP contribution in [-0.4, -0.2) is 42.6 Å². The van der Waals surface area contributed by atoms with E-state index >= 15 is 0 Å². The number of rotatable bonds is 10. The van der Waals surface area contributed by atoms with E-state index in [9.17, 15) is 5.11 Å². The average molecular weight is 435 g/mol. The second-order valence-electron chi connectivity index (χ2n) is 8.02. The summed E-state index contributed by atoms with van der Waals surface area (Å²) in [7, 11) is 0. The number of ether oxygens (including phenoxy) is 3. The maximum Gasteiger partial charge on any atom is 0.123 e. The first-order valence-electron chi connectivity index (χ1n) is 11.5. The summed E-state index contributed by atoms with van der Waals surface area (Å²) in [4.78, 5) is 0. The smallest absolute Gasteiger partial charge is 0.123 e. The van der Waals surface area contributed by atoms with Crippen LogP contribution in [0.3, 0.4) is 0 Å². The Morgan fingerprint density at radius 3 is 1.81 bits per heavy atom. The van der Waals surface area contributed by atoms with Crippen LogP contribution in [0.1, 0.15) is 16.7 Å². The molecule has 0 unspecified atom stereocenters. The zero-order chi connectivity index (χ0) is 22.9. The third-order valence-electron chi connectivity index (χ3n) is 5.61. The van der Waals surface area contributed by atoms with E-state index in [4.69, 9.17) is 15.6 Å². The molecule has 4 rings (SSSR count). The minimum Gasteiger partial charge on any atom is -0.389 e. The third kappa shape index (κ3) is 6.48. The lowest BCUT2D eigenvalue weighted by atomic mass is 9.96. The standard InChI is InChI=1S/C27H31NO4/c29-26-24(20-30-17-21-10-4-1-5-11-21)28-16-25(31-18-22-12-6-2-7-13-22)27(26)32-19-23-14-8-3-9-15-23/h1-15,24-29H,16-20H2/t24-,25+,26-,27-/m1/s1/i/hD. The van der Waals surface area contributed by atoms with Gasteiger partial charge in [-0.15, -0.1) is 0 Å². The highest BCUT2D eigenvalue weighted by Gasteiger charge is 2.40. The van der Waals surface area contributed by atoms with Crippen molar-refractivity contribution in [1.29, 1.82) is 0 Å². The second-order valence-corrected chi connectivity index (χ2v) is 8.02. The molecule has 1 fully saturated rings. The Kier molecular flexibility index (Phi) is 7.93. The van der Waals surface area contributed by atoms with Crippen molar-refractivity contribution in [2.24, 2.45) is 0 Å². The summed E-state index contributed by atoms with van der Waals surface area (Å²) in [5.74, 6) is 0. The largest absolute Gasteiger partial charge is 0.389 e. The van der Waals surface area contributed by atoms with Gasteiger partial charge >= 0.3 is 0 Å². The topological polar surface area (TPSA) is 60.0 Å². The van der Waals surface area contributed by atoms with Gasteiger partial charge < -0.3 is 24.6 Å². The first-order valence-corrected chi connectivity index (χ1v) is 11.1. The minimum absolute atomic E-state index is 0.232. The highest BCUT2D eigenvalue weighted by atomic mass is 16.6. The maximum atomic E-state index is 11.2. The van der Waals surface area contributed by atoms with Gasteiger partial charge in [0, 0.05) is 6.54 Å². The fraction of sp³-hybridized carbons (Fsp3) is 0.333. The van der Waals surface area contributed by atoms with Crippen molar-refractivity contribution in [3.8, 4) is 0 Å². The van der Waals surface area contributed by atoms with E-state index in [1.165, 1.54) is 5.31 Å². The van der Waals surface area contributed by atoms with Crippen molar-refractivity contribution in [3.05, 3.63) is 108 Å². The van der Waals surface area contributed by atoms with Crippen molar-refractivity contribution in [1.82, 2.24) is 5.31 Å². The summed E-state index contributed by atoms with van der Waals surface area (Å²) >= 11 is 0. The van der Waals surface area contributed by atoms with Crippen LogP contribution in [0.2, 0.25) is 1.41 Å². The number of aliphatic hydroxyl groups is 1. The highest BCUT2D eigenvalue weighted by Crippen LogP contribution is 2.21. The number of piperidine rings is 1. The van der Waals surface area contributed by atoms with Gasteiger partial charge in [0.25, 0.3) is 0 Å². The lowest BCUT2D eigenvalue weighted by molar-refractivity contribution is -0.161. The molecule has 3 aromatic carbocycles. The van der Waals surface area contributed by atoms with E-state index in [0.717, 1.165) is 16.7 Å². The van der Waals surface area contributed by atoms with E-state index in [1.54, 1.807) is 0 Å². The molecule has 1 saturated heterocycles. The molecule has 5 nitrogen and oxygen atoms in total. The van der Waals surface area contributed by atoms with Crippen LogP contribution in [0.5, 0.6) is 0 Å². The molecular weight excluding hydrogens is 402 g/mol. The molecule has 0 aromatic heterocycles. The SMILES string of the molecule is [2H]N1C[C@H](OCc2ccccc2)[C@@H](OCc2ccccc2)[C@H](O)[C@H]1COCc1ccccc1. The summed E-state index contributed by atoms with van der Waals surface area (Å²) in [5.41, 5.74) is 3.12. The van der Waals surface area contributed by atoms with E-state index in [0.29, 0.717) is 26.4 Å². The van der Waals surface area contributed by atoms with Crippen LogP contribution < -0.4 is 5.31 Å². The van der Waals surface area contributed by atoms with Crippen molar-refractivity contribution >= 4 is 0 Å². The predicted octanol–water partition coefficient (Wildman–Crippen LogP) is 3.71. The zero-order valence-corrected chi connectivity index (χ0v) is 18.1. The molecule has 0 amide bonds. The molecule has 1 aliphatic heterocycles. The van der Waals surface area contributed by atoms with Gasteiger partial charge in [0.05, 0.1) is 38.6 Å². The predicted molar refractivity (Wildman–Crippen MR) is 124 cm³/mol. The van der Waals surface area contributed by atoms with Crippen molar-refractivity contribution in [2.45, 2.75) is 44.2 Å². The molecule has 1 heterocycles. The molecule has 0 bridgehead atoms. The van der Waals surface area contributed by atoms with Crippen molar-refractivity contribution in [2.75, 3.05) is 13.2 Å². The Morgan fingerprint density at radius 1 is 0.750 bits per heavy atom. The Bertz CT molecular complexity index is 944. The summed E-state index contributed by atoms with van der Waals surface area (Å²) in [6.45, 7) is 1.75. The van der Waals surface area contributed by atoms with Gasteiger partial charge in [-0.1, -0.05) is 91.0 Å². The molecule has 1 aliphatic rings. The molecule has 0 saturated carbocycles. The first kappa shape index (κ1) is 21.3. The van der Waals surface area contributed by atoms with Crippen LogP contribution in [0, 0.1) is 0 Å². The van der Waals surface area contributed by atoms with Gasteiger partial charge in [-0.3, -0.25) is 0 Å². The Labute approximate surface area is 191 Å². The number of benzene rings is 3. The zero-order valence-electron chi connectivity index (χ0n) is 19.1. The first-order chi connectivity index (χ1) is 16.2. The molecule has 0 aliphatic carbocycles. The van der Waals surface area contributed by atoms with Gasteiger partial charge in [0.2, 0.25) is 0 Å². The van der Waals surface area contributed by atoms with Crippen LogP contribution in [0.15, 0.2) is 91.0 Å². The second kappa shape index (κ2) is 11.9. The Hall–Kier alpha value is -2.54. The maximum absolute atomic E-state index is 11.2. The number of hydrogen-bond donors (Lipinski definition) is 2. The fourth-order valence-electron chi connectivity index (χ4n) is 3.81. The number of hydrogen-bond acceptors (Lipinski definition) is 5. The summed E-state index contributed by atoms with van der Waals surface area (Å²) in [6, 6.07) is 29.1. The molecule has 5 heteroatoms. The van der Waals surface area contributed by atoms with E-state index < -0.39 is 24.4 Å². The molecule has 32 heavy (non-hydrogen) atoms. The Balaban J connectivity index is 1.41. The van der Waals surface area contributed by atoms with E-state index in [1.807, 2.05) is 91.0 Å². The monoisotopic (exact) mass is 434 g/mol. The molecule has 2 N–H and O–H groups in total. The molecule has 0 spiro atoms. The lowest BCUT2D eigenvalue weighted by Gasteiger charge is -2.40. The fourth-order valence-corrected chi connectivity index (χ4v) is 3.81. The van der Waals surface area contributed by atoms with Gasteiger partial charge in [0.1, 0.15) is 13.6 Å². The molecule has 168 valence electrons. The van der Waals surface area contributed by atoms with E-state index in [2.05, 4.69) is 0 Å². The average Bonchev–Trinajstić information content (AvgIpc) is 2.86. The summed E-state index contributed by atoms with van der Waals surface area (Å²) < 4.78 is 26.7. The van der Waals surface area contributed by atoms with Gasteiger partial charge in [-0.25, -0.2) is 0 Å².